The molecule has 2 aromatic carbocycles. The van der Waals surface area contributed by atoms with Crippen molar-refractivity contribution in [3.8, 4) is 28.3 Å². The van der Waals surface area contributed by atoms with Crippen molar-refractivity contribution < 1.29 is 17.9 Å². The molecule has 3 heterocycles. The Balaban J connectivity index is 1.72. The summed E-state index contributed by atoms with van der Waals surface area (Å²) >= 11 is 0. The molecule has 3 aromatic heterocycles. The molecule has 0 aliphatic heterocycles. The molecular weight excluding hydrogens is 426 g/mol. The Bertz CT molecular complexity index is 1420. The first-order chi connectivity index (χ1) is 16.1. The summed E-state index contributed by atoms with van der Waals surface area (Å²) in [5, 5.41) is 3.71. The van der Waals surface area contributed by atoms with E-state index in [4.69, 9.17) is 14.1 Å². The van der Waals surface area contributed by atoms with E-state index in [0.717, 1.165) is 11.6 Å². The second-order valence-corrected chi connectivity index (χ2v) is 7.25. The lowest BCUT2D eigenvalue weighted by molar-refractivity contribution is 0.273. The van der Waals surface area contributed by atoms with Crippen molar-refractivity contribution in [2.75, 3.05) is 12.4 Å². The zero-order valence-electron chi connectivity index (χ0n) is 17.5. The molecule has 0 aliphatic carbocycles. The highest BCUT2D eigenvalue weighted by atomic mass is 19.1. The third kappa shape index (κ3) is 4.10. The van der Waals surface area contributed by atoms with Gasteiger partial charge in [-0.3, -0.25) is 4.98 Å². The van der Waals surface area contributed by atoms with Gasteiger partial charge in [0.05, 0.1) is 6.26 Å². The minimum Gasteiger partial charge on any atom is -0.483 e. The SMILES string of the molecule is CNc1nc(-c2cccnc2)nc2c(OCc3ccco3)cc(-c3ccc(F)cc3F)cc12. The molecule has 0 radical (unpaired) electrons. The predicted octanol–water partition coefficient (Wildman–Crippen LogP) is 5.85. The van der Waals surface area contributed by atoms with Crippen LogP contribution in [0.25, 0.3) is 33.4 Å². The number of hydrogen-bond acceptors (Lipinski definition) is 6. The van der Waals surface area contributed by atoms with E-state index in [1.165, 1.54) is 12.1 Å². The fourth-order valence-electron chi connectivity index (χ4n) is 3.55. The fourth-order valence-corrected chi connectivity index (χ4v) is 3.55. The minimum atomic E-state index is -0.676. The highest BCUT2D eigenvalue weighted by molar-refractivity contribution is 5.97. The second-order valence-electron chi connectivity index (χ2n) is 7.25. The van der Waals surface area contributed by atoms with Gasteiger partial charge >= 0.3 is 0 Å². The number of ether oxygens (including phenoxy) is 1. The Morgan fingerprint density at radius 2 is 1.91 bits per heavy atom. The molecule has 164 valence electrons. The summed E-state index contributed by atoms with van der Waals surface area (Å²) < 4.78 is 39.5. The van der Waals surface area contributed by atoms with Gasteiger partial charge in [-0.15, -0.1) is 0 Å². The third-order valence-electron chi connectivity index (χ3n) is 5.11. The Kier molecular flexibility index (Phi) is 5.40. The zero-order valence-corrected chi connectivity index (χ0v) is 17.5. The average molecular weight is 444 g/mol. The van der Waals surface area contributed by atoms with Crippen LogP contribution in [0, 0.1) is 11.6 Å². The van der Waals surface area contributed by atoms with Crippen LogP contribution < -0.4 is 10.1 Å². The number of rotatable bonds is 6. The van der Waals surface area contributed by atoms with Gasteiger partial charge in [-0.2, -0.15) is 0 Å². The lowest BCUT2D eigenvalue weighted by atomic mass is 10.0. The summed E-state index contributed by atoms with van der Waals surface area (Å²) in [5.74, 6) is 0.704. The largest absolute Gasteiger partial charge is 0.483 e. The molecule has 1 N–H and O–H groups in total. The molecule has 0 saturated heterocycles. The van der Waals surface area contributed by atoms with Gasteiger partial charge in [0.25, 0.3) is 0 Å². The van der Waals surface area contributed by atoms with Crippen LogP contribution in [0.2, 0.25) is 0 Å². The second kappa shape index (κ2) is 8.66. The van der Waals surface area contributed by atoms with Gasteiger partial charge in [0.1, 0.15) is 41.1 Å². The summed E-state index contributed by atoms with van der Waals surface area (Å²) in [6, 6.07) is 14.1. The van der Waals surface area contributed by atoms with Crippen LogP contribution in [0.15, 0.2) is 77.7 Å². The first kappa shape index (κ1) is 20.6. The van der Waals surface area contributed by atoms with Gasteiger partial charge in [-0.05, 0) is 54.1 Å². The molecule has 0 bridgehead atoms. The first-order valence-electron chi connectivity index (χ1n) is 10.2. The Morgan fingerprint density at radius 3 is 2.64 bits per heavy atom. The standard InChI is InChI=1S/C25H18F2N4O2/c1-28-25-20-10-16(19-7-6-17(26)12-21(19)27)11-22(33-14-18-5-3-9-32-18)23(20)30-24(31-25)15-4-2-8-29-13-15/h2-13H,14H2,1H3,(H,28,30,31). The van der Waals surface area contributed by atoms with E-state index in [-0.39, 0.29) is 12.2 Å². The molecule has 6 nitrogen and oxygen atoms in total. The number of fused-ring (bicyclic) bond motifs is 1. The number of nitrogens with zero attached hydrogens (tertiary/aromatic N) is 3. The molecule has 0 atom stereocenters. The van der Waals surface area contributed by atoms with E-state index in [2.05, 4.69) is 15.3 Å². The molecule has 0 amide bonds. The van der Waals surface area contributed by atoms with Gasteiger partial charge in [0, 0.05) is 42.0 Å². The normalized spacial score (nSPS) is 11.0. The van der Waals surface area contributed by atoms with Crippen molar-refractivity contribution in [2.45, 2.75) is 6.61 Å². The summed E-state index contributed by atoms with van der Waals surface area (Å²) in [7, 11) is 1.74. The van der Waals surface area contributed by atoms with E-state index in [9.17, 15) is 8.78 Å². The van der Waals surface area contributed by atoms with Crippen molar-refractivity contribution in [1.82, 2.24) is 15.0 Å². The maximum atomic E-state index is 14.6. The number of pyridine rings is 1. The Hall–Kier alpha value is -4.33. The monoisotopic (exact) mass is 444 g/mol. The molecule has 33 heavy (non-hydrogen) atoms. The zero-order chi connectivity index (χ0) is 22.8. The molecule has 8 heteroatoms. The van der Waals surface area contributed by atoms with Crippen molar-refractivity contribution in [2.24, 2.45) is 0 Å². The van der Waals surface area contributed by atoms with E-state index in [0.29, 0.717) is 39.6 Å². The lowest BCUT2D eigenvalue weighted by Crippen LogP contribution is -2.02. The number of anilines is 1. The summed E-state index contributed by atoms with van der Waals surface area (Å²) in [5.41, 5.74) is 2.01. The van der Waals surface area contributed by atoms with Gasteiger partial charge in [-0.25, -0.2) is 18.7 Å². The van der Waals surface area contributed by atoms with Crippen molar-refractivity contribution in [3.63, 3.8) is 0 Å². The van der Waals surface area contributed by atoms with Crippen LogP contribution >= 0.6 is 0 Å². The van der Waals surface area contributed by atoms with Crippen LogP contribution in [0.4, 0.5) is 14.6 Å². The maximum absolute atomic E-state index is 14.6. The molecule has 0 saturated carbocycles. The first-order valence-corrected chi connectivity index (χ1v) is 10.2. The number of hydrogen-bond donors (Lipinski definition) is 1. The maximum Gasteiger partial charge on any atom is 0.163 e. The molecule has 0 unspecified atom stereocenters. The Labute approximate surface area is 187 Å². The number of halogens is 2. The molecule has 0 aliphatic rings. The molecule has 0 spiro atoms. The number of furan rings is 1. The topological polar surface area (TPSA) is 73.1 Å². The Morgan fingerprint density at radius 1 is 1.00 bits per heavy atom. The van der Waals surface area contributed by atoms with Gasteiger partial charge < -0.3 is 14.5 Å². The van der Waals surface area contributed by atoms with Crippen LogP contribution in [0.5, 0.6) is 5.75 Å². The van der Waals surface area contributed by atoms with Crippen molar-refractivity contribution in [3.05, 3.63) is 90.6 Å². The van der Waals surface area contributed by atoms with Crippen molar-refractivity contribution in [1.29, 1.82) is 0 Å². The minimum absolute atomic E-state index is 0.151. The lowest BCUT2D eigenvalue weighted by Gasteiger charge is -2.15. The van der Waals surface area contributed by atoms with E-state index in [1.807, 2.05) is 6.07 Å². The fraction of sp³-hybridized carbons (Fsp3) is 0.0800. The average Bonchev–Trinajstić information content (AvgIpc) is 3.36. The van der Waals surface area contributed by atoms with E-state index < -0.39 is 11.6 Å². The predicted molar refractivity (Wildman–Crippen MR) is 121 cm³/mol. The van der Waals surface area contributed by atoms with Gasteiger partial charge in [-0.1, -0.05) is 0 Å². The van der Waals surface area contributed by atoms with Gasteiger partial charge in [0.15, 0.2) is 5.82 Å². The molecular formula is C25H18F2N4O2. The van der Waals surface area contributed by atoms with Crippen LogP contribution in [-0.4, -0.2) is 22.0 Å². The quantitative estimate of drug-likeness (QED) is 0.354. The summed E-state index contributed by atoms with van der Waals surface area (Å²) in [6.45, 7) is 0.151. The summed E-state index contributed by atoms with van der Waals surface area (Å²) in [4.78, 5) is 13.5. The highest BCUT2D eigenvalue weighted by Gasteiger charge is 2.17. The number of aromatic nitrogens is 3. The third-order valence-corrected chi connectivity index (χ3v) is 5.11. The van der Waals surface area contributed by atoms with Crippen LogP contribution in [0.1, 0.15) is 5.76 Å². The highest BCUT2D eigenvalue weighted by Crippen LogP contribution is 2.37. The molecule has 0 fully saturated rings. The van der Waals surface area contributed by atoms with E-state index in [1.54, 1.807) is 56.0 Å². The van der Waals surface area contributed by atoms with Crippen molar-refractivity contribution >= 4 is 16.7 Å². The van der Waals surface area contributed by atoms with Gasteiger partial charge in [0.2, 0.25) is 0 Å². The molecule has 5 rings (SSSR count). The summed E-state index contributed by atoms with van der Waals surface area (Å²) in [6.07, 6.45) is 4.90. The van der Waals surface area contributed by atoms with E-state index >= 15 is 0 Å². The number of nitrogens with one attached hydrogen (secondary N) is 1. The number of benzene rings is 2. The molecule has 5 aromatic rings. The smallest absolute Gasteiger partial charge is 0.163 e. The van der Waals surface area contributed by atoms with Crippen LogP contribution in [-0.2, 0) is 6.61 Å². The van der Waals surface area contributed by atoms with Crippen LogP contribution in [0.3, 0.4) is 0 Å².